The number of carbonyl (C=O) groups excluding carboxylic acids is 2. The summed E-state index contributed by atoms with van der Waals surface area (Å²) in [6, 6.07) is 0. The first-order chi connectivity index (χ1) is 19.0. The molecule has 0 aromatic carbocycles. The van der Waals surface area contributed by atoms with Crippen LogP contribution in [0.5, 0.6) is 0 Å². The van der Waals surface area contributed by atoms with Gasteiger partial charge in [0.2, 0.25) is 0 Å². The van der Waals surface area contributed by atoms with Crippen molar-refractivity contribution >= 4 is 11.9 Å². The number of hydrogen-bond acceptors (Lipinski definition) is 6. The zero-order valence-corrected chi connectivity index (χ0v) is 25.7. The van der Waals surface area contributed by atoms with Crippen molar-refractivity contribution in [3.63, 3.8) is 0 Å². The Balaban J connectivity index is 1.84. The topological polar surface area (TPSA) is 77.3 Å². The lowest BCUT2D eigenvalue weighted by molar-refractivity contribution is -0.156. The third kappa shape index (κ3) is 22.0. The fourth-order valence-electron chi connectivity index (χ4n) is 5.06. The van der Waals surface area contributed by atoms with Gasteiger partial charge in [0, 0.05) is 12.8 Å². The van der Waals surface area contributed by atoms with Crippen LogP contribution in [-0.2, 0) is 19.1 Å². The predicted octanol–water partition coefficient (Wildman–Crippen LogP) is 10.2. The van der Waals surface area contributed by atoms with E-state index in [1.807, 2.05) is 0 Å². The van der Waals surface area contributed by atoms with Gasteiger partial charge in [0.25, 0.3) is 0 Å². The first-order valence-corrected chi connectivity index (χ1v) is 16.6. The molecular formula is C33H61N2O4. The maximum absolute atomic E-state index is 12.0. The molecule has 1 radical (unpaired) electrons. The van der Waals surface area contributed by atoms with E-state index in [9.17, 15) is 9.59 Å². The van der Waals surface area contributed by atoms with Crippen LogP contribution in [0, 0.1) is 6.92 Å². The third-order valence-corrected chi connectivity index (χ3v) is 7.73. The van der Waals surface area contributed by atoms with Crippen LogP contribution in [0.15, 0.2) is 10.2 Å². The van der Waals surface area contributed by atoms with Gasteiger partial charge in [-0.15, -0.1) is 0 Å². The van der Waals surface area contributed by atoms with Crippen LogP contribution in [0.1, 0.15) is 174 Å². The molecule has 0 aromatic rings. The summed E-state index contributed by atoms with van der Waals surface area (Å²) >= 11 is 0. The maximum Gasteiger partial charge on any atom is 0.306 e. The fourth-order valence-corrected chi connectivity index (χ4v) is 5.06. The average Bonchev–Trinajstić information content (AvgIpc) is 3.70. The van der Waals surface area contributed by atoms with E-state index in [0.717, 1.165) is 44.9 Å². The smallest absolute Gasteiger partial charge is 0.306 e. The molecule has 1 aliphatic rings. The monoisotopic (exact) mass is 549 g/mol. The molecular weight excluding hydrogens is 488 g/mol. The second kappa shape index (κ2) is 24.3. The Morgan fingerprint density at radius 2 is 1.00 bits per heavy atom. The number of carbonyl (C=O) groups is 2. The molecule has 0 bridgehead atoms. The van der Waals surface area contributed by atoms with Crippen LogP contribution in [0.2, 0.25) is 0 Å². The summed E-state index contributed by atoms with van der Waals surface area (Å²) < 4.78 is 10.5. The number of ether oxygens (including phenoxy) is 2. The van der Waals surface area contributed by atoms with Gasteiger partial charge in [-0.05, 0) is 45.4 Å². The second-order valence-corrected chi connectivity index (χ2v) is 11.7. The molecule has 1 rings (SSSR count). The Labute approximate surface area is 240 Å². The number of nitrogens with zero attached hydrogens (tertiary/aromatic N) is 2. The first-order valence-electron chi connectivity index (χ1n) is 16.6. The van der Waals surface area contributed by atoms with Gasteiger partial charge in [-0.25, -0.2) is 0 Å². The van der Waals surface area contributed by atoms with E-state index < -0.39 is 6.10 Å². The summed E-state index contributed by atoms with van der Waals surface area (Å²) in [6.07, 6.45) is 28.0. The van der Waals surface area contributed by atoms with Crippen molar-refractivity contribution in [2.45, 2.75) is 186 Å². The zero-order valence-electron chi connectivity index (χ0n) is 25.7. The van der Waals surface area contributed by atoms with E-state index in [1.165, 1.54) is 103 Å². The van der Waals surface area contributed by atoms with Crippen molar-refractivity contribution < 1.29 is 19.1 Å². The van der Waals surface area contributed by atoms with E-state index >= 15 is 0 Å². The van der Waals surface area contributed by atoms with E-state index in [-0.39, 0.29) is 24.2 Å². The molecule has 0 saturated heterocycles. The van der Waals surface area contributed by atoms with E-state index in [4.69, 9.17) is 9.47 Å². The summed E-state index contributed by atoms with van der Waals surface area (Å²) in [6.45, 7) is 8.32. The van der Waals surface area contributed by atoms with Gasteiger partial charge < -0.3 is 9.47 Å². The molecule has 1 atom stereocenters. The predicted molar refractivity (Wildman–Crippen MR) is 161 cm³/mol. The van der Waals surface area contributed by atoms with E-state index in [2.05, 4.69) is 31.0 Å². The summed E-state index contributed by atoms with van der Waals surface area (Å²) in [5, 5.41) is 8.56. The number of unbranched alkanes of at least 4 members (excludes halogenated alkanes) is 18. The number of rotatable bonds is 29. The molecule has 0 aliphatic carbocycles. The lowest BCUT2D eigenvalue weighted by Gasteiger charge is -2.13. The summed E-state index contributed by atoms with van der Waals surface area (Å²) in [5.74, 6) is -0.464. The largest absolute Gasteiger partial charge is 0.462 e. The van der Waals surface area contributed by atoms with Gasteiger partial charge in [-0.3, -0.25) is 9.59 Å². The minimum atomic E-state index is -0.629. The molecule has 1 heterocycles. The molecule has 0 spiro atoms. The quantitative estimate of drug-likeness (QED) is 0.0686. The molecule has 0 N–H and O–H groups in total. The normalized spacial score (nSPS) is 14.3. The molecule has 0 amide bonds. The number of esters is 2. The molecule has 6 heteroatoms. The Hall–Kier alpha value is -1.46. The summed E-state index contributed by atoms with van der Waals surface area (Å²) in [7, 11) is 0. The molecule has 6 nitrogen and oxygen atoms in total. The number of hydrogen-bond donors (Lipinski definition) is 0. The molecule has 1 aliphatic heterocycles. The summed E-state index contributed by atoms with van der Waals surface area (Å²) in [5.41, 5.74) is 0.00543. The van der Waals surface area contributed by atoms with E-state index in [0.29, 0.717) is 12.8 Å². The van der Waals surface area contributed by atoms with Gasteiger partial charge in [-0.1, -0.05) is 123 Å². The molecule has 0 aromatic heterocycles. The maximum atomic E-state index is 12.0. The lowest BCUT2D eigenvalue weighted by atomic mass is 9.98. The van der Waals surface area contributed by atoms with Gasteiger partial charge in [0.1, 0.15) is 12.7 Å². The van der Waals surface area contributed by atoms with Crippen molar-refractivity contribution in [2.75, 3.05) is 6.61 Å². The van der Waals surface area contributed by atoms with Crippen LogP contribution in [0.25, 0.3) is 0 Å². The Morgan fingerprint density at radius 1 is 0.590 bits per heavy atom. The van der Waals surface area contributed by atoms with Crippen molar-refractivity contribution in [2.24, 2.45) is 10.2 Å². The highest BCUT2D eigenvalue weighted by Crippen LogP contribution is 2.38. The highest BCUT2D eigenvalue weighted by molar-refractivity contribution is 5.70. The van der Waals surface area contributed by atoms with Crippen LogP contribution >= 0.6 is 0 Å². The minimum Gasteiger partial charge on any atom is -0.462 e. The molecule has 227 valence electrons. The third-order valence-electron chi connectivity index (χ3n) is 7.73. The molecule has 0 saturated carbocycles. The fraction of sp³-hybridized carbons (Fsp3) is 0.909. The van der Waals surface area contributed by atoms with Crippen molar-refractivity contribution in [3.05, 3.63) is 6.92 Å². The Kier molecular flexibility index (Phi) is 22.2. The zero-order chi connectivity index (χ0) is 28.4. The van der Waals surface area contributed by atoms with Crippen LogP contribution in [0.4, 0.5) is 0 Å². The van der Waals surface area contributed by atoms with Crippen LogP contribution in [0.3, 0.4) is 0 Å². The van der Waals surface area contributed by atoms with Crippen molar-refractivity contribution in [1.29, 1.82) is 0 Å². The van der Waals surface area contributed by atoms with Crippen molar-refractivity contribution in [3.8, 4) is 0 Å². The Bertz CT molecular complexity index is 631. The van der Waals surface area contributed by atoms with Crippen LogP contribution < -0.4 is 0 Å². The highest BCUT2D eigenvalue weighted by Gasteiger charge is 2.37. The Morgan fingerprint density at radius 3 is 1.49 bits per heavy atom. The van der Waals surface area contributed by atoms with Crippen LogP contribution in [-0.4, -0.2) is 30.3 Å². The average molecular weight is 550 g/mol. The van der Waals surface area contributed by atoms with Gasteiger partial charge in [-0.2, -0.15) is 10.2 Å². The summed E-state index contributed by atoms with van der Waals surface area (Å²) in [4.78, 5) is 24.0. The van der Waals surface area contributed by atoms with Gasteiger partial charge in [0.15, 0.2) is 5.66 Å². The first kappa shape index (κ1) is 35.6. The lowest BCUT2D eigenvalue weighted by Crippen LogP contribution is -2.22. The highest BCUT2D eigenvalue weighted by atomic mass is 16.6. The standard InChI is InChI=1S/C33H61N2O4/c1-4-6-8-9-10-11-12-13-16-19-22-25-31(36)38-29-30(3)39-32(37)26-23-20-17-14-15-18-21-24-28-33(34-35-33)27-7-5-2/h30H,3-29H2,1-2H3. The second-order valence-electron chi connectivity index (χ2n) is 11.7. The minimum absolute atomic E-state index is 0.00543. The van der Waals surface area contributed by atoms with Gasteiger partial charge in [0.05, 0.1) is 0 Å². The van der Waals surface area contributed by atoms with E-state index in [1.54, 1.807) is 0 Å². The van der Waals surface area contributed by atoms with Gasteiger partial charge >= 0.3 is 11.9 Å². The SMILES string of the molecule is [CH2]C(COC(=O)CCCCCCCCCCCCC)OC(=O)CCCCCCCCCCC1(CCCC)N=N1. The molecule has 39 heavy (non-hydrogen) atoms. The molecule has 0 fully saturated rings. The van der Waals surface area contributed by atoms with Crippen molar-refractivity contribution in [1.82, 2.24) is 0 Å². The molecule has 1 unspecified atom stereocenters.